The van der Waals surface area contributed by atoms with Crippen LogP contribution < -0.4 is 10.1 Å². The fourth-order valence-electron chi connectivity index (χ4n) is 3.65. The van der Waals surface area contributed by atoms with Gasteiger partial charge in [-0.15, -0.1) is 5.10 Å². The number of aryl methyl sites for hydroxylation is 1. The third kappa shape index (κ3) is 3.61. The molecule has 2 atom stereocenters. The van der Waals surface area contributed by atoms with Gasteiger partial charge in [0, 0.05) is 5.56 Å². The Morgan fingerprint density at radius 3 is 2.93 bits per heavy atom. The van der Waals surface area contributed by atoms with Gasteiger partial charge in [0.25, 0.3) is 5.91 Å². The van der Waals surface area contributed by atoms with Crippen molar-refractivity contribution < 1.29 is 14.6 Å². The van der Waals surface area contributed by atoms with Gasteiger partial charge in [0.2, 0.25) is 0 Å². The maximum atomic E-state index is 12.6. The predicted molar refractivity (Wildman–Crippen MR) is 103 cm³/mol. The number of para-hydroxylation sites is 1. The van der Waals surface area contributed by atoms with Gasteiger partial charge in [0.05, 0.1) is 25.9 Å². The molecule has 1 aliphatic carbocycles. The number of methoxy groups -OCH3 is 1. The molecule has 2 N–H and O–H groups in total. The summed E-state index contributed by atoms with van der Waals surface area (Å²) in [5.74, 6) is 0.340. The summed E-state index contributed by atoms with van der Waals surface area (Å²) in [6, 6.07) is 15.4. The monoisotopic (exact) mass is 378 g/mol. The third-order valence-electron chi connectivity index (χ3n) is 5.07. The molecule has 144 valence electrons. The number of fused-ring (bicyclic) bond motifs is 1. The molecule has 0 saturated heterocycles. The summed E-state index contributed by atoms with van der Waals surface area (Å²) in [4.78, 5) is 12.6. The number of nitrogens with one attached hydrogen (secondary N) is 1. The highest BCUT2D eigenvalue weighted by Crippen LogP contribution is 2.31. The molecule has 1 amide bonds. The zero-order valence-electron chi connectivity index (χ0n) is 15.6. The molecule has 0 unspecified atom stereocenters. The third-order valence-corrected chi connectivity index (χ3v) is 5.07. The van der Waals surface area contributed by atoms with Crippen LogP contribution in [0.3, 0.4) is 0 Å². The largest absolute Gasteiger partial charge is 0.496 e. The lowest BCUT2D eigenvalue weighted by Crippen LogP contribution is -2.27. The summed E-state index contributed by atoms with van der Waals surface area (Å²) in [6.45, 7) is 0.174. The van der Waals surface area contributed by atoms with Crippen LogP contribution in [-0.4, -0.2) is 33.1 Å². The number of aliphatic hydroxyl groups is 1. The Labute approximate surface area is 163 Å². The molecule has 0 bridgehead atoms. The molecule has 0 aliphatic heterocycles. The van der Waals surface area contributed by atoms with E-state index in [1.807, 2.05) is 30.3 Å². The van der Waals surface area contributed by atoms with E-state index in [9.17, 15) is 9.90 Å². The Kier molecular flexibility index (Phi) is 5.08. The van der Waals surface area contributed by atoms with Crippen molar-refractivity contribution in [1.29, 1.82) is 0 Å². The first-order valence-electron chi connectivity index (χ1n) is 9.25. The molecule has 1 heterocycles. The van der Waals surface area contributed by atoms with Crippen LogP contribution in [0.5, 0.6) is 5.75 Å². The zero-order chi connectivity index (χ0) is 19.5. The normalized spacial score (nSPS) is 16.4. The molecular formula is C21H22N4O3. The van der Waals surface area contributed by atoms with Gasteiger partial charge < -0.3 is 15.2 Å². The van der Waals surface area contributed by atoms with Gasteiger partial charge in [-0.2, -0.15) is 0 Å². The molecule has 0 fully saturated rings. The molecule has 3 aromatic rings. The molecule has 7 nitrogen and oxygen atoms in total. The smallest absolute Gasteiger partial charge is 0.273 e. The average molecular weight is 378 g/mol. The van der Waals surface area contributed by atoms with Crippen molar-refractivity contribution >= 4 is 5.91 Å². The van der Waals surface area contributed by atoms with Gasteiger partial charge >= 0.3 is 0 Å². The quantitative estimate of drug-likeness (QED) is 0.688. The van der Waals surface area contributed by atoms with Crippen molar-refractivity contribution in [3.05, 3.63) is 77.1 Å². The summed E-state index contributed by atoms with van der Waals surface area (Å²) >= 11 is 0. The van der Waals surface area contributed by atoms with Crippen LogP contribution in [0.15, 0.2) is 54.7 Å². The van der Waals surface area contributed by atoms with Gasteiger partial charge in [0.15, 0.2) is 5.69 Å². The van der Waals surface area contributed by atoms with Gasteiger partial charge in [-0.1, -0.05) is 47.7 Å². The second-order valence-corrected chi connectivity index (χ2v) is 6.85. The van der Waals surface area contributed by atoms with Gasteiger partial charge in [-0.3, -0.25) is 4.79 Å². The van der Waals surface area contributed by atoms with Gasteiger partial charge in [-0.05, 0) is 30.0 Å². The van der Waals surface area contributed by atoms with Crippen LogP contribution in [0.1, 0.15) is 45.7 Å². The molecule has 0 radical (unpaired) electrons. The van der Waals surface area contributed by atoms with E-state index in [1.54, 1.807) is 25.4 Å². The second kappa shape index (κ2) is 7.82. The first-order chi connectivity index (χ1) is 13.7. The van der Waals surface area contributed by atoms with Crippen molar-refractivity contribution in [1.82, 2.24) is 20.3 Å². The van der Waals surface area contributed by atoms with E-state index in [-0.39, 0.29) is 24.2 Å². The van der Waals surface area contributed by atoms with Crippen molar-refractivity contribution in [2.45, 2.75) is 31.5 Å². The number of aromatic nitrogens is 3. The van der Waals surface area contributed by atoms with E-state index >= 15 is 0 Å². The molecule has 0 spiro atoms. The minimum atomic E-state index is -0.824. The SMILES string of the molecule is COc1ccccc1[C@@H](O)Cn1cc(C(=O)N[C@H]2CCc3ccccc32)nn1. The van der Waals surface area contributed by atoms with Crippen LogP contribution in [0.2, 0.25) is 0 Å². The van der Waals surface area contributed by atoms with E-state index in [0.717, 1.165) is 18.4 Å². The van der Waals surface area contributed by atoms with Crippen molar-refractivity contribution in [3.8, 4) is 5.75 Å². The van der Waals surface area contributed by atoms with E-state index in [0.29, 0.717) is 11.3 Å². The molecule has 0 saturated carbocycles. The number of carbonyl (C=O) groups excluding carboxylic acids is 1. The number of aliphatic hydroxyl groups excluding tert-OH is 1. The first-order valence-corrected chi connectivity index (χ1v) is 9.25. The van der Waals surface area contributed by atoms with Crippen molar-refractivity contribution in [2.75, 3.05) is 7.11 Å². The highest BCUT2D eigenvalue weighted by molar-refractivity contribution is 5.92. The van der Waals surface area contributed by atoms with Crippen molar-refractivity contribution in [2.24, 2.45) is 0 Å². The number of rotatable bonds is 6. The summed E-state index contributed by atoms with van der Waals surface area (Å²) in [5.41, 5.74) is 3.33. The number of carbonyl (C=O) groups is 1. The molecular weight excluding hydrogens is 356 g/mol. The van der Waals surface area contributed by atoms with Crippen LogP contribution in [0.4, 0.5) is 0 Å². The summed E-state index contributed by atoms with van der Waals surface area (Å²) in [5, 5.41) is 21.5. The summed E-state index contributed by atoms with van der Waals surface area (Å²) < 4.78 is 6.75. The minimum Gasteiger partial charge on any atom is -0.496 e. The standard InChI is InChI=1S/C21H22N4O3/c1-28-20-9-5-4-8-16(20)19(26)13-25-12-18(23-24-25)21(27)22-17-11-10-14-6-2-3-7-15(14)17/h2-9,12,17,19,26H,10-11,13H2,1H3,(H,22,27)/t17-,19-/m0/s1. The Bertz CT molecular complexity index is 985. The number of ether oxygens (including phenoxy) is 1. The van der Waals surface area contributed by atoms with Crippen molar-refractivity contribution in [3.63, 3.8) is 0 Å². The fourth-order valence-corrected chi connectivity index (χ4v) is 3.65. The molecule has 1 aromatic heterocycles. The Morgan fingerprint density at radius 1 is 1.29 bits per heavy atom. The summed E-state index contributed by atoms with van der Waals surface area (Å²) in [7, 11) is 1.56. The second-order valence-electron chi connectivity index (χ2n) is 6.85. The number of nitrogens with zero attached hydrogens (tertiary/aromatic N) is 3. The first kappa shape index (κ1) is 18.2. The van der Waals surface area contributed by atoms with Crippen LogP contribution in [0, 0.1) is 0 Å². The highest BCUT2D eigenvalue weighted by atomic mass is 16.5. The molecule has 2 aromatic carbocycles. The topological polar surface area (TPSA) is 89.3 Å². The average Bonchev–Trinajstić information content (AvgIpc) is 3.35. The summed E-state index contributed by atoms with van der Waals surface area (Å²) in [6.07, 6.45) is 2.56. The maximum absolute atomic E-state index is 12.6. The molecule has 4 rings (SSSR count). The Balaban J connectivity index is 1.42. The number of amides is 1. The van der Waals surface area contributed by atoms with E-state index < -0.39 is 6.10 Å². The maximum Gasteiger partial charge on any atom is 0.273 e. The molecule has 1 aliphatic rings. The number of hydrogen-bond donors (Lipinski definition) is 2. The fraction of sp³-hybridized carbons (Fsp3) is 0.286. The Hall–Kier alpha value is -3.19. The molecule has 7 heteroatoms. The lowest BCUT2D eigenvalue weighted by atomic mass is 10.1. The van der Waals surface area contributed by atoms with Crippen LogP contribution >= 0.6 is 0 Å². The lowest BCUT2D eigenvalue weighted by Gasteiger charge is -2.14. The van der Waals surface area contributed by atoms with E-state index in [2.05, 4.69) is 21.7 Å². The minimum absolute atomic E-state index is 0.00646. The predicted octanol–water partition coefficient (Wildman–Crippen LogP) is 2.44. The highest BCUT2D eigenvalue weighted by Gasteiger charge is 2.25. The lowest BCUT2D eigenvalue weighted by molar-refractivity contribution is 0.0931. The van der Waals surface area contributed by atoms with E-state index in [1.165, 1.54) is 10.2 Å². The van der Waals surface area contributed by atoms with E-state index in [4.69, 9.17) is 4.74 Å². The van der Waals surface area contributed by atoms with Crippen LogP contribution in [0.25, 0.3) is 0 Å². The molecule has 28 heavy (non-hydrogen) atoms. The zero-order valence-corrected chi connectivity index (χ0v) is 15.6. The van der Waals surface area contributed by atoms with Gasteiger partial charge in [0.1, 0.15) is 11.9 Å². The number of benzene rings is 2. The van der Waals surface area contributed by atoms with Gasteiger partial charge in [-0.25, -0.2) is 4.68 Å². The Morgan fingerprint density at radius 2 is 2.07 bits per heavy atom. The van der Waals surface area contributed by atoms with Crippen LogP contribution in [-0.2, 0) is 13.0 Å². The number of hydrogen-bond acceptors (Lipinski definition) is 5.